The number of benzene rings is 2. The molecule has 3 rings (SSSR count). The van der Waals surface area contributed by atoms with Crippen LogP contribution in [0.15, 0.2) is 47.6 Å². The molecule has 2 aromatic carbocycles. The Bertz CT molecular complexity index is 959. The van der Waals surface area contributed by atoms with Crippen molar-refractivity contribution in [2.24, 2.45) is 5.10 Å². The van der Waals surface area contributed by atoms with Crippen molar-refractivity contribution >= 4 is 23.5 Å². The van der Waals surface area contributed by atoms with Gasteiger partial charge in [0.05, 0.1) is 11.1 Å². The van der Waals surface area contributed by atoms with E-state index >= 15 is 0 Å². The van der Waals surface area contributed by atoms with E-state index in [2.05, 4.69) is 31.3 Å². The monoisotopic (exact) mass is 424 g/mol. The van der Waals surface area contributed by atoms with Gasteiger partial charge < -0.3 is 9.64 Å². The molecule has 0 saturated carbocycles. The summed E-state index contributed by atoms with van der Waals surface area (Å²) in [4.78, 5) is 25.1. The first-order valence-electron chi connectivity index (χ1n) is 10.3. The van der Waals surface area contributed by atoms with Crippen molar-refractivity contribution in [3.8, 4) is 5.75 Å². The number of nitro benzene ring substituents is 1. The Labute approximate surface area is 182 Å². The van der Waals surface area contributed by atoms with E-state index in [-0.39, 0.29) is 22.6 Å². The van der Waals surface area contributed by atoms with Crippen LogP contribution in [-0.4, -0.2) is 36.7 Å². The first-order valence-corrected chi connectivity index (χ1v) is 10.3. The number of anilines is 1. The first-order chi connectivity index (χ1) is 14.7. The molecule has 0 aliphatic carbocycles. The van der Waals surface area contributed by atoms with Gasteiger partial charge in [0.1, 0.15) is 11.4 Å². The second-order valence-electron chi connectivity index (χ2n) is 8.56. The van der Waals surface area contributed by atoms with Crippen LogP contribution >= 0.6 is 0 Å². The van der Waals surface area contributed by atoms with E-state index in [0.29, 0.717) is 17.0 Å². The van der Waals surface area contributed by atoms with Crippen LogP contribution < -0.4 is 15.1 Å². The molecule has 1 aliphatic rings. The van der Waals surface area contributed by atoms with E-state index in [1.807, 2.05) is 29.2 Å². The molecule has 1 amide bonds. The van der Waals surface area contributed by atoms with Gasteiger partial charge in [-0.15, -0.1) is 0 Å². The molecule has 0 radical (unpaired) electrons. The topological polar surface area (TPSA) is 97.1 Å². The Morgan fingerprint density at radius 1 is 1.19 bits per heavy atom. The maximum absolute atomic E-state index is 12.0. The Morgan fingerprint density at radius 2 is 1.87 bits per heavy atom. The predicted octanol–water partition coefficient (Wildman–Crippen LogP) is 4.02. The average Bonchev–Trinajstić information content (AvgIpc) is 3.26. The fourth-order valence-corrected chi connectivity index (χ4v) is 3.40. The summed E-state index contributed by atoms with van der Waals surface area (Å²) in [6.07, 6.45) is 3.46. The number of amides is 1. The van der Waals surface area contributed by atoms with Crippen LogP contribution in [0.1, 0.15) is 44.7 Å². The van der Waals surface area contributed by atoms with Crippen LogP contribution in [0, 0.1) is 10.1 Å². The maximum atomic E-state index is 12.0. The zero-order valence-electron chi connectivity index (χ0n) is 18.1. The van der Waals surface area contributed by atoms with Crippen molar-refractivity contribution in [1.29, 1.82) is 0 Å². The number of nitro groups is 1. The third-order valence-electron chi connectivity index (χ3n) is 5.14. The third kappa shape index (κ3) is 6.04. The van der Waals surface area contributed by atoms with Crippen LogP contribution in [0.2, 0.25) is 0 Å². The molecule has 0 spiro atoms. The van der Waals surface area contributed by atoms with Crippen LogP contribution in [0.5, 0.6) is 5.75 Å². The first kappa shape index (κ1) is 22.3. The average molecular weight is 425 g/mol. The summed E-state index contributed by atoms with van der Waals surface area (Å²) < 4.78 is 5.48. The number of hydrazone groups is 1. The molecule has 0 bridgehead atoms. The van der Waals surface area contributed by atoms with E-state index in [4.69, 9.17) is 4.74 Å². The van der Waals surface area contributed by atoms with Crippen LogP contribution in [0.3, 0.4) is 0 Å². The number of ether oxygens (including phenoxy) is 1. The lowest BCUT2D eigenvalue weighted by molar-refractivity contribution is -0.384. The van der Waals surface area contributed by atoms with Gasteiger partial charge in [-0.3, -0.25) is 14.9 Å². The van der Waals surface area contributed by atoms with Crippen molar-refractivity contribution in [1.82, 2.24) is 5.43 Å². The number of rotatable bonds is 7. The Balaban J connectivity index is 1.54. The molecule has 0 atom stereocenters. The molecule has 1 N–H and O–H groups in total. The fraction of sp³-hybridized carbons (Fsp3) is 0.391. The number of nitrogens with one attached hydrogen (secondary N) is 1. The minimum atomic E-state index is -0.417. The van der Waals surface area contributed by atoms with E-state index in [9.17, 15) is 14.9 Å². The summed E-state index contributed by atoms with van der Waals surface area (Å²) in [7, 11) is 0. The SMILES string of the molecule is CC(C)(C)c1ccc(OCC(=O)N/N=C/c2ccc(N3CCCC3)c([N+](=O)[O-])c2)cc1. The van der Waals surface area contributed by atoms with Crippen LogP contribution in [-0.2, 0) is 10.2 Å². The van der Waals surface area contributed by atoms with E-state index in [1.54, 1.807) is 12.1 Å². The number of carbonyl (C=O) groups is 1. The standard InChI is InChI=1S/C23H28N4O4/c1-23(2,3)18-7-9-19(10-8-18)31-16-22(28)25-24-15-17-6-11-20(21(14-17)27(29)30)26-12-4-5-13-26/h6-11,14-15H,4-5,12-13,16H2,1-3H3,(H,25,28)/b24-15+. The number of carbonyl (C=O) groups excluding carboxylic acids is 1. The van der Waals surface area contributed by atoms with E-state index in [1.165, 1.54) is 17.8 Å². The summed E-state index contributed by atoms with van der Waals surface area (Å²) in [6, 6.07) is 12.6. The van der Waals surface area contributed by atoms with Crippen molar-refractivity contribution in [2.75, 3.05) is 24.6 Å². The van der Waals surface area contributed by atoms with E-state index in [0.717, 1.165) is 25.9 Å². The van der Waals surface area contributed by atoms with Gasteiger partial charge in [-0.05, 0) is 42.0 Å². The number of nitrogens with zero attached hydrogens (tertiary/aromatic N) is 3. The summed E-state index contributed by atoms with van der Waals surface area (Å²) in [5.74, 6) is 0.180. The molecule has 1 aliphatic heterocycles. The Morgan fingerprint density at radius 3 is 2.48 bits per heavy atom. The summed E-state index contributed by atoms with van der Waals surface area (Å²) in [6.45, 7) is 7.85. The minimum Gasteiger partial charge on any atom is -0.484 e. The van der Waals surface area contributed by atoms with Gasteiger partial charge in [0.15, 0.2) is 6.61 Å². The highest BCUT2D eigenvalue weighted by Gasteiger charge is 2.22. The molecule has 1 heterocycles. The van der Waals surface area contributed by atoms with Gasteiger partial charge >= 0.3 is 0 Å². The molecule has 8 nitrogen and oxygen atoms in total. The summed E-state index contributed by atoms with van der Waals surface area (Å²) in [5, 5.41) is 15.3. The van der Waals surface area contributed by atoms with Crippen molar-refractivity contribution < 1.29 is 14.5 Å². The molecule has 2 aromatic rings. The maximum Gasteiger partial charge on any atom is 0.293 e. The zero-order valence-corrected chi connectivity index (χ0v) is 18.1. The predicted molar refractivity (Wildman–Crippen MR) is 121 cm³/mol. The molecular weight excluding hydrogens is 396 g/mol. The number of hydrogen-bond donors (Lipinski definition) is 1. The Kier molecular flexibility index (Phi) is 6.89. The molecule has 164 valence electrons. The third-order valence-corrected chi connectivity index (χ3v) is 5.14. The van der Waals surface area contributed by atoms with Gasteiger partial charge in [-0.25, -0.2) is 5.43 Å². The summed E-state index contributed by atoms with van der Waals surface area (Å²) >= 11 is 0. The lowest BCUT2D eigenvalue weighted by Crippen LogP contribution is -2.24. The molecule has 31 heavy (non-hydrogen) atoms. The van der Waals surface area contributed by atoms with Crippen molar-refractivity contribution in [3.05, 3.63) is 63.7 Å². The van der Waals surface area contributed by atoms with Crippen LogP contribution in [0.4, 0.5) is 11.4 Å². The van der Waals surface area contributed by atoms with E-state index < -0.39 is 5.91 Å². The molecule has 0 unspecified atom stereocenters. The fourth-order valence-electron chi connectivity index (χ4n) is 3.40. The van der Waals surface area contributed by atoms with Gasteiger partial charge in [-0.2, -0.15) is 5.10 Å². The molecule has 1 saturated heterocycles. The molecule has 1 fully saturated rings. The van der Waals surface area contributed by atoms with Crippen molar-refractivity contribution in [2.45, 2.75) is 39.0 Å². The molecule has 0 aromatic heterocycles. The molecular formula is C23H28N4O4. The van der Waals surface area contributed by atoms with Gasteiger partial charge in [0.25, 0.3) is 11.6 Å². The highest BCUT2D eigenvalue weighted by molar-refractivity contribution is 5.85. The lowest BCUT2D eigenvalue weighted by atomic mass is 9.87. The molecule has 8 heteroatoms. The number of hydrogen-bond acceptors (Lipinski definition) is 6. The highest BCUT2D eigenvalue weighted by atomic mass is 16.6. The zero-order chi connectivity index (χ0) is 22.4. The largest absolute Gasteiger partial charge is 0.484 e. The van der Waals surface area contributed by atoms with Gasteiger partial charge in [-0.1, -0.05) is 39.0 Å². The highest BCUT2D eigenvalue weighted by Crippen LogP contribution is 2.31. The van der Waals surface area contributed by atoms with Gasteiger partial charge in [0.2, 0.25) is 0 Å². The second-order valence-corrected chi connectivity index (χ2v) is 8.56. The Hall–Kier alpha value is -3.42. The normalized spacial score (nSPS) is 14.1. The summed E-state index contributed by atoms with van der Waals surface area (Å²) in [5.41, 5.74) is 4.80. The smallest absolute Gasteiger partial charge is 0.293 e. The lowest BCUT2D eigenvalue weighted by Gasteiger charge is -2.19. The van der Waals surface area contributed by atoms with Gasteiger partial charge in [0, 0.05) is 24.7 Å². The minimum absolute atomic E-state index is 0.0409. The van der Waals surface area contributed by atoms with Crippen LogP contribution in [0.25, 0.3) is 0 Å². The van der Waals surface area contributed by atoms with Crippen molar-refractivity contribution in [3.63, 3.8) is 0 Å². The quantitative estimate of drug-likeness (QED) is 0.411. The second kappa shape index (κ2) is 9.59.